The van der Waals surface area contributed by atoms with Gasteiger partial charge in [-0.2, -0.15) is 0 Å². The molecule has 2 aromatic rings. The summed E-state index contributed by atoms with van der Waals surface area (Å²) in [6, 6.07) is 14.5. The van der Waals surface area contributed by atoms with E-state index in [1.165, 1.54) is 18.2 Å². The molecule has 0 fully saturated rings. The van der Waals surface area contributed by atoms with Crippen molar-refractivity contribution in [2.24, 2.45) is 11.7 Å². The molecule has 0 radical (unpaired) electrons. The van der Waals surface area contributed by atoms with Crippen molar-refractivity contribution in [1.82, 2.24) is 5.32 Å². The predicted molar refractivity (Wildman–Crippen MR) is 115 cm³/mol. The summed E-state index contributed by atoms with van der Waals surface area (Å²) in [5.41, 5.74) is 6.02. The molecule has 2 rings (SSSR count). The SMILES string of the molecule is CC(C)CC(C)(CN)NC(=O)c1cccc(NS(=O)(=O)c2ccccc2)c1.Cl. The van der Waals surface area contributed by atoms with Crippen molar-refractivity contribution < 1.29 is 13.2 Å². The van der Waals surface area contributed by atoms with Gasteiger partial charge in [0.2, 0.25) is 0 Å². The van der Waals surface area contributed by atoms with Crippen LogP contribution in [0.25, 0.3) is 0 Å². The van der Waals surface area contributed by atoms with Crippen LogP contribution in [0.2, 0.25) is 0 Å². The first-order valence-electron chi connectivity index (χ1n) is 8.86. The van der Waals surface area contributed by atoms with Crippen LogP contribution in [0.4, 0.5) is 5.69 Å². The van der Waals surface area contributed by atoms with Crippen molar-refractivity contribution in [3.05, 3.63) is 60.2 Å². The molecule has 2 aromatic carbocycles. The fourth-order valence-corrected chi connectivity index (χ4v) is 4.04. The lowest BCUT2D eigenvalue weighted by molar-refractivity contribution is 0.0898. The van der Waals surface area contributed by atoms with Gasteiger partial charge in [0.1, 0.15) is 0 Å². The molecule has 0 spiro atoms. The first kappa shape index (κ1) is 23.9. The molecule has 0 aliphatic heterocycles. The summed E-state index contributed by atoms with van der Waals surface area (Å²) < 4.78 is 27.4. The molecule has 1 amide bonds. The highest BCUT2D eigenvalue weighted by molar-refractivity contribution is 7.92. The Morgan fingerprint density at radius 3 is 2.32 bits per heavy atom. The third kappa shape index (κ3) is 6.51. The van der Waals surface area contributed by atoms with Crippen LogP contribution in [0.3, 0.4) is 0 Å². The molecule has 0 aliphatic carbocycles. The van der Waals surface area contributed by atoms with Crippen molar-refractivity contribution in [2.45, 2.75) is 37.6 Å². The van der Waals surface area contributed by atoms with Crippen molar-refractivity contribution in [2.75, 3.05) is 11.3 Å². The number of carbonyl (C=O) groups excluding carboxylic acids is 1. The van der Waals surface area contributed by atoms with Crippen LogP contribution in [0.15, 0.2) is 59.5 Å². The number of hydrogen-bond acceptors (Lipinski definition) is 4. The normalized spacial score (nSPS) is 13.3. The minimum Gasteiger partial charge on any atom is -0.346 e. The van der Waals surface area contributed by atoms with Gasteiger partial charge in [-0.1, -0.05) is 38.1 Å². The van der Waals surface area contributed by atoms with Gasteiger partial charge in [0.15, 0.2) is 0 Å². The van der Waals surface area contributed by atoms with Gasteiger partial charge in [0.25, 0.3) is 15.9 Å². The number of anilines is 1. The van der Waals surface area contributed by atoms with Crippen molar-refractivity contribution in [3.8, 4) is 0 Å². The van der Waals surface area contributed by atoms with E-state index in [1.807, 2.05) is 6.92 Å². The van der Waals surface area contributed by atoms with Gasteiger partial charge in [-0.25, -0.2) is 8.42 Å². The molecule has 28 heavy (non-hydrogen) atoms. The van der Waals surface area contributed by atoms with Crippen LogP contribution in [0.1, 0.15) is 37.6 Å². The molecule has 0 saturated carbocycles. The standard InChI is InChI=1S/C20H27N3O3S.ClH/c1-15(2)13-20(3,14-21)22-19(24)16-8-7-9-17(12-16)23-27(25,26)18-10-5-4-6-11-18;/h4-12,15,23H,13-14,21H2,1-3H3,(H,22,24);1H. The fraction of sp³-hybridized carbons (Fsp3) is 0.350. The second-order valence-corrected chi connectivity index (χ2v) is 9.00. The maximum Gasteiger partial charge on any atom is 0.261 e. The topological polar surface area (TPSA) is 101 Å². The molecule has 0 aromatic heterocycles. The number of sulfonamides is 1. The molecule has 1 unspecified atom stereocenters. The van der Waals surface area contributed by atoms with Gasteiger partial charge in [-0.3, -0.25) is 9.52 Å². The van der Waals surface area contributed by atoms with E-state index in [-0.39, 0.29) is 23.2 Å². The second-order valence-electron chi connectivity index (χ2n) is 7.32. The monoisotopic (exact) mass is 425 g/mol. The number of nitrogens with two attached hydrogens (primary N) is 1. The molecular formula is C20H28ClN3O3S. The Bertz CT molecular complexity index is 889. The van der Waals surface area contributed by atoms with E-state index in [9.17, 15) is 13.2 Å². The summed E-state index contributed by atoms with van der Waals surface area (Å²) >= 11 is 0. The van der Waals surface area contributed by atoms with E-state index in [0.29, 0.717) is 23.7 Å². The maximum absolute atomic E-state index is 12.6. The van der Waals surface area contributed by atoms with Gasteiger partial charge < -0.3 is 11.1 Å². The second kappa shape index (κ2) is 9.91. The van der Waals surface area contributed by atoms with E-state index >= 15 is 0 Å². The third-order valence-corrected chi connectivity index (χ3v) is 5.55. The summed E-state index contributed by atoms with van der Waals surface area (Å²) in [6.45, 7) is 6.36. The minimum atomic E-state index is -3.71. The molecule has 0 saturated heterocycles. The Balaban J connectivity index is 0.00000392. The lowest BCUT2D eigenvalue weighted by Crippen LogP contribution is -2.52. The molecule has 6 nitrogen and oxygen atoms in total. The Morgan fingerprint density at radius 1 is 1.11 bits per heavy atom. The van der Waals surface area contributed by atoms with E-state index < -0.39 is 15.6 Å². The van der Waals surface area contributed by atoms with Gasteiger partial charge in [0.05, 0.1) is 4.90 Å². The molecule has 0 aliphatic rings. The number of amides is 1. The number of nitrogens with one attached hydrogen (secondary N) is 2. The van der Waals surface area contributed by atoms with Gasteiger partial charge >= 0.3 is 0 Å². The third-order valence-electron chi connectivity index (χ3n) is 4.16. The van der Waals surface area contributed by atoms with Crippen LogP contribution in [-0.4, -0.2) is 26.4 Å². The largest absolute Gasteiger partial charge is 0.346 e. The maximum atomic E-state index is 12.6. The first-order chi connectivity index (χ1) is 12.6. The van der Waals surface area contributed by atoms with Crippen molar-refractivity contribution in [1.29, 1.82) is 0 Å². The zero-order chi connectivity index (χ0) is 20.1. The molecule has 8 heteroatoms. The van der Waals surface area contributed by atoms with Crippen LogP contribution < -0.4 is 15.8 Å². The molecule has 0 heterocycles. The molecular weight excluding hydrogens is 398 g/mol. The van der Waals surface area contributed by atoms with E-state index in [2.05, 4.69) is 23.9 Å². The average Bonchev–Trinajstić information content (AvgIpc) is 2.61. The summed E-state index contributed by atoms with van der Waals surface area (Å²) in [4.78, 5) is 12.8. The number of hydrogen-bond donors (Lipinski definition) is 3. The minimum absolute atomic E-state index is 0. The summed E-state index contributed by atoms with van der Waals surface area (Å²) in [5, 5.41) is 2.97. The number of halogens is 1. The first-order valence-corrected chi connectivity index (χ1v) is 10.3. The fourth-order valence-electron chi connectivity index (χ4n) is 2.97. The van der Waals surface area contributed by atoms with Crippen LogP contribution >= 0.6 is 12.4 Å². The van der Waals surface area contributed by atoms with E-state index in [1.54, 1.807) is 36.4 Å². The lowest BCUT2D eigenvalue weighted by atomic mass is 9.90. The highest BCUT2D eigenvalue weighted by Crippen LogP contribution is 2.19. The van der Waals surface area contributed by atoms with Crippen molar-refractivity contribution >= 4 is 34.0 Å². The van der Waals surface area contributed by atoms with Crippen LogP contribution in [0.5, 0.6) is 0 Å². The summed E-state index contributed by atoms with van der Waals surface area (Å²) in [5.74, 6) is 0.0900. The summed E-state index contributed by atoms with van der Waals surface area (Å²) in [6.07, 6.45) is 0.746. The lowest BCUT2D eigenvalue weighted by Gasteiger charge is -2.31. The zero-order valence-corrected chi connectivity index (χ0v) is 17.9. The zero-order valence-electron chi connectivity index (χ0n) is 16.3. The Labute approximate surface area is 173 Å². The van der Waals surface area contributed by atoms with Crippen molar-refractivity contribution in [3.63, 3.8) is 0 Å². The van der Waals surface area contributed by atoms with E-state index in [4.69, 9.17) is 5.73 Å². The highest BCUT2D eigenvalue weighted by Gasteiger charge is 2.26. The Hall–Kier alpha value is -2.09. The van der Waals surface area contributed by atoms with E-state index in [0.717, 1.165) is 6.42 Å². The van der Waals surface area contributed by atoms with Gasteiger partial charge in [0, 0.05) is 23.3 Å². The number of benzene rings is 2. The molecule has 1 atom stereocenters. The summed E-state index contributed by atoms with van der Waals surface area (Å²) in [7, 11) is -3.71. The average molecular weight is 426 g/mol. The molecule has 4 N–H and O–H groups in total. The quantitative estimate of drug-likeness (QED) is 0.603. The van der Waals surface area contributed by atoms with Gasteiger partial charge in [-0.05, 0) is 49.6 Å². The Morgan fingerprint density at radius 2 is 1.75 bits per heavy atom. The van der Waals surface area contributed by atoms with Crippen LogP contribution in [0, 0.1) is 5.92 Å². The molecule has 0 bridgehead atoms. The van der Waals surface area contributed by atoms with Crippen LogP contribution in [-0.2, 0) is 10.0 Å². The predicted octanol–water partition coefficient (Wildman–Crippen LogP) is 3.40. The highest BCUT2D eigenvalue weighted by atomic mass is 35.5. The number of carbonyl (C=O) groups is 1. The molecule has 154 valence electrons. The number of rotatable bonds is 8. The van der Waals surface area contributed by atoms with Gasteiger partial charge in [-0.15, -0.1) is 12.4 Å². The smallest absolute Gasteiger partial charge is 0.261 e. The Kier molecular flexibility index (Phi) is 8.48.